The lowest BCUT2D eigenvalue weighted by Gasteiger charge is -2.26. The van der Waals surface area contributed by atoms with Gasteiger partial charge in [0.25, 0.3) is 5.91 Å². The maximum atomic E-state index is 13.0. The van der Waals surface area contributed by atoms with Crippen molar-refractivity contribution in [3.05, 3.63) is 29.8 Å². The molecular formula is C19H31N3O5S. The third kappa shape index (κ3) is 7.95. The largest absolute Gasteiger partial charge is 0.459 e. The maximum Gasteiger partial charge on any atom is 0.326 e. The highest BCUT2D eigenvalue weighted by atomic mass is 32.2. The topological polar surface area (TPSA) is 96.0 Å². The second-order valence-electron chi connectivity index (χ2n) is 7.65. The number of ether oxygens (including phenoxy) is 1. The molecule has 0 spiro atoms. The summed E-state index contributed by atoms with van der Waals surface area (Å²) in [5.74, 6) is -0.947. The third-order valence-corrected chi connectivity index (χ3v) is 5.11. The first-order chi connectivity index (χ1) is 12.9. The van der Waals surface area contributed by atoms with E-state index in [1.54, 1.807) is 27.7 Å². The molecule has 0 heterocycles. The highest BCUT2D eigenvalue weighted by Crippen LogP contribution is 2.14. The lowest BCUT2D eigenvalue weighted by Crippen LogP contribution is -2.42. The minimum atomic E-state index is -3.69. The lowest BCUT2D eigenvalue weighted by atomic mass is 10.2. The molecule has 158 valence electrons. The smallest absolute Gasteiger partial charge is 0.326 e. The van der Waals surface area contributed by atoms with Crippen molar-refractivity contribution in [3.8, 4) is 0 Å². The first-order valence-corrected chi connectivity index (χ1v) is 10.6. The third-order valence-electron chi connectivity index (χ3n) is 3.57. The molecule has 28 heavy (non-hydrogen) atoms. The number of hydrogen-bond donors (Lipinski definition) is 1. The Morgan fingerprint density at radius 2 is 1.79 bits per heavy atom. The van der Waals surface area contributed by atoms with Gasteiger partial charge in [0.2, 0.25) is 10.0 Å². The Bertz CT molecular complexity index is 785. The van der Waals surface area contributed by atoms with Crippen LogP contribution in [0.2, 0.25) is 0 Å². The summed E-state index contributed by atoms with van der Waals surface area (Å²) in [5.41, 5.74) is -0.464. The van der Waals surface area contributed by atoms with Crippen molar-refractivity contribution in [1.82, 2.24) is 14.5 Å². The van der Waals surface area contributed by atoms with Gasteiger partial charge in [-0.2, -0.15) is 0 Å². The first kappa shape index (κ1) is 24.1. The molecule has 0 saturated heterocycles. The number of esters is 1. The lowest BCUT2D eigenvalue weighted by molar-refractivity contribution is -0.155. The van der Waals surface area contributed by atoms with Gasteiger partial charge in [0.05, 0.1) is 4.90 Å². The van der Waals surface area contributed by atoms with E-state index in [2.05, 4.69) is 4.72 Å². The van der Waals surface area contributed by atoms with Crippen molar-refractivity contribution in [2.75, 3.05) is 40.3 Å². The van der Waals surface area contributed by atoms with Gasteiger partial charge in [0, 0.05) is 25.2 Å². The maximum absolute atomic E-state index is 13.0. The van der Waals surface area contributed by atoms with Crippen LogP contribution in [0.5, 0.6) is 0 Å². The molecule has 0 aliphatic heterocycles. The van der Waals surface area contributed by atoms with Gasteiger partial charge in [-0.1, -0.05) is 13.0 Å². The standard InChI is InChI=1S/C19H31N3O5S/c1-7-20-28(25,26)16-10-8-9-15(13-16)18(24)22(12-11-21(5)6)14-17(23)27-19(2,3)4/h8-10,13,20H,7,11-12,14H2,1-6H3. The van der Waals surface area contributed by atoms with Crippen molar-refractivity contribution < 1.29 is 22.7 Å². The minimum Gasteiger partial charge on any atom is -0.459 e. The fourth-order valence-corrected chi connectivity index (χ4v) is 3.44. The summed E-state index contributed by atoms with van der Waals surface area (Å²) >= 11 is 0. The van der Waals surface area contributed by atoms with Crippen LogP contribution in [0.25, 0.3) is 0 Å². The molecule has 0 aliphatic rings. The van der Waals surface area contributed by atoms with Gasteiger partial charge in [0.15, 0.2) is 0 Å². The van der Waals surface area contributed by atoms with Gasteiger partial charge in [-0.15, -0.1) is 0 Å². The summed E-state index contributed by atoms with van der Waals surface area (Å²) in [4.78, 5) is 28.5. The van der Waals surface area contributed by atoms with E-state index in [1.807, 2.05) is 19.0 Å². The molecule has 0 radical (unpaired) electrons. The van der Waals surface area contributed by atoms with Crippen LogP contribution >= 0.6 is 0 Å². The Morgan fingerprint density at radius 3 is 2.32 bits per heavy atom. The van der Waals surface area contributed by atoms with E-state index in [4.69, 9.17) is 4.74 Å². The Balaban J connectivity index is 3.10. The molecule has 1 aromatic rings. The first-order valence-electron chi connectivity index (χ1n) is 9.11. The quantitative estimate of drug-likeness (QED) is 0.614. The predicted octanol–water partition coefficient (Wildman–Crippen LogP) is 1.33. The number of carbonyl (C=O) groups is 2. The average molecular weight is 414 g/mol. The SMILES string of the molecule is CCNS(=O)(=O)c1cccc(C(=O)N(CCN(C)C)CC(=O)OC(C)(C)C)c1. The van der Waals surface area contributed by atoms with Gasteiger partial charge in [-0.25, -0.2) is 13.1 Å². The van der Waals surface area contributed by atoms with Crippen molar-refractivity contribution in [2.24, 2.45) is 0 Å². The Labute approximate surface area is 167 Å². The van der Waals surface area contributed by atoms with Crippen molar-refractivity contribution >= 4 is 21.9 Å². The molecule has 8 nitrogen and oxygen atoms in total. The number of nitrogens with zero attached hydrogens (tertiary/aromatic N) is 2. The summed E-state index contributed by atoms with van der Waals surface area (Å²) < 4.78 is 32.1. The van der Waals surface area contributed by atoms with Crippen LogP contribution in [0.1, 0.15) is 38.1 Å². The van der Waals surface area contributed by atoms with Gasteiger partial charge in [-0.3, -0.25) is 9.59 Å². The fourth-order valence-electron chi connectivity index (χ4n) is 2.35. The summed E-state index contributed by atoms with van der Waals surface area (Å²) in [5, 5.41) is 0. The molecule has 0 aromatic heterocycles. The highest BCUT2D eigenvalue weighted by molar-refractivity contribution is 7.89. The normalized spacial score (nSPS) is 12.1. The molecule has 0 aliphatic carbocycles. The van der Waals surface area contributed by atoms with Gasteiger partial charge >= 0.3 is 5.97 Å². The van der Waals surface area contributed by atoms with Crippen molar-refractivity contribution in [2.45, 2.75) is 38.2 Å². The zero-order valence-electron chi connectivity index (χ0n) is 17.5. The molecule has 0 saturated carbocycles. The molecule has 1 rings (SSSR count). The monoisotopic (exact) mass is 413 g/mol. The van der Waals surface area contributed by atoms with Crippen LogP contribution < -0.4 is 4.72 Å². The molecule has 0 fully saturated rings. The zero-order valence-corrected chi connectivity index (χ0v) is 18.3. The molecule has 1 amide bonds. The van der Waals surface area contributed by atoms with E-state index in [9.17, 15) is 18.0 Å². The van der Waals surface area contributed by atoms with Crippen LogP contribution in [-0.4, -0.2) is 76.0 Å². The number of nitrogens with one attached hydrogen (secondary N) is 1. The second-order valence-corrected chi connectivity index (χ2v) is 9.41. The summed E-state index contributed by atoms with van der Waals surface area (Å²) in [6.45, 7) is 7.82. The summed E-state index contributed by atoms with van der Waals surface area (Å²) in [6.07, 6.45) is 0. The number of rotatable bonds is 9. The van der Waals surface area contributed by atoms with Crippen molar-refractivity contribution in [3.63, 3.8) is 0 Å². The molecular weight excluding hydrogens is 382 g/mol. The molecule has 0 bridgehead atoms. The van der Waals surface area contributed by atoms with E-state index in [0.29, 0.717) is 13.1 Å². The van der Waals surface area contributed by atoms with Crippen LogP contribution in [0.15, 0.2) is 29.2 Å². The Morgan fingerprint density at radius 1 is 1.14 bits per heavy atom. The van der Waals surface area contributed by atoms with E-state index >= 15 is 0 Å². The Kier molecular flexibility index (Phi) is 8.59. The van der Waals surface area contributed by atoms with E-state index in [-0.39, 0.29) is 23.5 Å². The molecule has 1 aromatic carbocycles. The number of amides is 1. The number of benzene rings is 1. The zero-order chi connectivity index (χ0) is 21.5. The van der Waals surface area contributed by atoms with E-state index in [0.717, 1.165) is 0 Å². The number of hydrogen-bond acceptors (Lipinski definition) is 6. The molecule has 9 heteroatoms. The van der Waals surface area contributed by atoms with Gasteiger partial charge < -0.3 is 14.5 Å². The fraction of sp³-hybridized carbons (Fsp3) is 0.579. The molecule has 0 unspecified atom stereocenters. The van der Waals surface area contributed by atoms with E-state index < -0.39 is 27.5 Å². The predicted molar refractivity (Wildman–Crippen MR) is 108 cm³/mol. The van der Waals surface area contributed by atoms with Crippen molar-refractivity contribution in [1.29, 1.82) is 0 Å². The van der Waals surface area contributed by atoms with Crippen LogP contribution in [0, 0.1) is 0 Å². The summed E-state index contributed by atoms with van der Waals surface area (Å²) in [7, 11) is 0.0363. The number of sulfonamides is 1. The highest BCUT2D eigenvalue weighted by Gasteiger charge is 2.24. The van der Waals surface area contributed by atoms with Crippen LogP contribution in [0.4, 0.5) is 0 Å². The van der Waals surface area contributed by atoms with E-state index in [1.165, 1.54) is 29.2 Å². The Hall–Kier alpha value is -1.97. The van der Waals surface area contributed by atoms with Crippen LogP contribution in [-0.2, 0) is 19.6 Å². The second kappa shape index (κ2) is 9.99. The molecule has 1 N–H and O–H groups in total. The molecule has 0 atom stereocenters. The number of likely N-dealkylation sites (N-methyl/N-ethyl adjacent to an activating group) is 1. The van der Waals surface area contributed by atoms with Crippen LogP contribution in [0.3, 0.4) is 0 Å². The number of carbonyl (C=O) groups excluding carboxylic acids is 2. The average Bonchev–Trinajstić information content (AvgIpc) is 2.56. The van der Waals surface area contributed by atoms with Gasteiger partial charge in [-0.05, 0) is 53.1 Å². The minimum absolute atomic E-state index is 0.00466. The summed E-state index contributed by atoms with van der Waals surface area (Å²) in [6, 6.07) is 5.78. The van der Waals surface area contributed by atoms with Gasteiger partial charge in [0.1, 0.15) is 12.1 Å².